The number of ether oxygens (including phenoxy) is 2. The second kappa shape index (κ2) is 16.5. The van der Waals surface area contributed by atoms with Gasteiger partial charge in [0.2, 0.25) is 10.0 Å². The van der Waals surface area contributed by atoms with Gasteiger partial charge in [0.15, 0.2) is 0 Å². The van der Waals surface area contributed by atoms with E-state index < -0.39 is 22.0 Å². The Balaban J connectivity index is 0.000000510. The number of morpholine rings is 1. The molecule has 11 nitrogen and oxygen atoms in total. The molecule has 2 fully saturated rings. The van der Waals surface area contributed by atoms with Crippen molar-refractivity contribution in [2.45, 2.75) is 43.6 Å². The van der Waals surface area contributed by atoms with Crippen LogP contribution in [0.15, 0.2) is 54.6 Å². The second-order valence-corrected chi connectivity index (χ2v) is 13.8. The van der Waals surface area contributed by atoms with Crippen molar-refractivity contribution in [1.82, 2.24) is 14.9 Å². The number of nitrogens with one attached hydrogen (secondary N) is 2. The fraction of sp³-hybridized carbons (Fsp3) is 0.500. The van der Waals surface area contributed by atoms with E-state index in [0.29, 0.717) is 25.2 Å². The summed E-state index contributed by atoms with van der Waals surface area (Å²) in [5.41, 5.74) is 4.05. The molecule has 2 aliphatic heterocycles. The number of carboxylic acid groups (broad SMARTS) is 2. The van der Waals surface area contributed by atoms with Crippen LogP contribution >= 0.6 is 11.6 Å². The monoisotopic (exact) mass is 663 g/mol. The van der Waals surface area contributed by atoms with Crippen LogP contribution in [0.1, 0.15) is 48.4 Å². The molecule has 5 rings (SSSR count). The molecule has 1 aliphatic carbocycles. The van der Waals surface area contributed by atoms with E-state index in [0.717, 1.165) is 69.4 Å². The molecule has 0 spiro atoms. The molecule has 1 unspecified atom stereocenters. The van der Waals surface area contributed by atoms with E-state index in [9.17, 15) is 18.0 Å². The molecule has 2 aromatic rings. The number of hydrogen-bond acceptors (Lipinski definition) is 8. The number of benzene rings is 2. The summed E-state index contributed by atoms with van der Waals surface area (Å²) >= 11 is 6.18. The van der Waals surface area contributed by atoms with Crippen molar-refractivity contribution in [3.63, 3.8) is 0 Å². The highest BCUT2D eigenvalue weighted by Crippen LogP contribution is 2.53. The molecule has 0 amide bonds. The Morgan fingerprint density at radius 3 is 2.40 bits per heavy atom. The summed E-state index contributed by atoms with van der Waals surface area (Å²) in [5, 5.41) is 20.2. The Morgan fingerprint density at radius 1 is 1.09 bits per heavy atom. The van der Waals surface area contributed by atoms with Crippen LogP contribution in [0.5, 0.6) is 5.75 Å². The third-order valence-corrected chi connectivity index (χ3v) is 10.2. The van der Waals surface area contributed by atoms with Gasteiger partial charge in [0, 0.05) is 48.3 Å². The molecule has 13 heteroatoms. The van der Waals surface area contributed by atoms with Gasteiger partial charge in [-0.25, -0.2) is 22.7 Å². The second-order valence-electron chi connectivity index (χ2n) is 11.4. The van der Waals surface area contributed by atoms with Gasteiger partial charge in [0.25, 0.3) is 0 Å². The highest BCUT2D eigenvalue weighted by atomic mass is 35.5. The smallest absolute Gasteiger partial charge is 0.328 e. The van der Waals surface area contributed by atoms with Gasteiger partial charge < -0.3 is 25.0 Å². The SMILES string of the molecule is O=C(O)C=CC(=O)O.O=S(=O)(CCCN1CCOCC1)NCCOc1ccc2c(c1)C(C1(c3ccc(Cl)cc3)CCC1)NCC2. The first-order valence-electron chi connectivity index (χ1n) is 15.2. The molecule has 0 radical (unpaired) electrons. The van der Waals surface area contributed by atoms with Crippen molar-refractivity contribution in [2.75, 3.05) is 58.3 Å². The first-order chi connectivity index (χ1) is 21.6. The molecule has 0 aromatic heterocycles. The van der Waals surface area contributed by atoms with Gasteiger partial charge in [-0.3, -0.25) is 4.90 Å². The van der Waals surface area contributed by atoms with E-state index >= 15 is 0 Å². The number of hydrogen-bond donors (Lipinski definition) is 4. The van der Waals surface area contributed by atoms with E-state index in [2.05, 4.69) is 39.2 Å². The Kier molecular flexibility index (Phi) is 12.8. The zero-order chi connectivity index (χ0) is 32.3. The molecule has 1 atom stereocenters. The minimum absolute atomic E-state index is 0.0647. The lowest BCUT2D eigenvalue weighted by Crippen LogP contribution is -2.49. The number of aliphatic carboxylic acids is 2. The van der Waals surface area contributed by atoms with Crippen LogP contribution in [-0.2, 0) is 36.2 Å². The number of rotatable bonds is 13. The van der Waals surface area contributed by atoms with Gasteiger partial charge in [0.05, 0.1) is 19.0 Å². The maximum Gasteiger partial charge on any atom is 0.328 e. The number of carboxylic acids is 2. The van der Waals surface area contributed by atoms with E-state index in [1.54, 1.807) is 0 Å². The number of sulfonamides is 1. The van der Waals surface area contributed by atoms with Crippen LogP contribution in [0.3, 0.4) is 0 Å². The van der Waals surface area contributed by atoms with Crippen LogP contribution in [0, 0.1) is 0 Å². The summed E-state index contributed by atoms with van der Waals surface area (Å²) in [6, 6.07) is 14.9. The molecule has 0 bridgehead atoms. The van der Waals surface area contributed by atoms with E-state index in [1.165, 1.54) is 23.1 Å². The maximum atomic E-state index is 12.4. The summed E-state index contributed by atoms with van der Waals surface area (Å²) in [4.78, 5) is 21.4. The Morgan fingerprint density at radius 2 is 1.78 bits per heavy atom. The average molecular weight is 664 g/mol. The minimum Gasteiger partial charge on any atom is -0.492 e. The summed E-state index contributed by atoms with van der Waals surface area (Å²) in [5.74, 6) is -1.60. The lowest BCUT2D eigenvalue weighted by Gasteiger charge is -2.50. The molecule has 1 saturated carbocycles. The Bertz CT molecular complexity index is 1410. The largest absolute Gasteiger partial charge is 0.492 e. The molecule has 246 valence electrons. The molecule has 1 saturated heterocycles. The predicted molar refractivity (Wildman–Crippen MR) is 171 cm³/mol. The van der Waals surface area contributed by atoms with Gasteiger partial charge in [-0.2, -0.15) is 0 Å². The third-order valence-electron chi connectivity index (χ3n) is 8.44. The first kappa shape index (κ1) is 34.9. The van der Waals surface area contributed by atoms with E-state index in [4.69, 9.17) is 31.3 Å². The molecule has 4 N–H and O–H groups in total. The highest BCUT2D eigenvalue weighted by Gasteiger charge is 2.47. The maximum absolute atomic E-state index is 12.4. The summed E-state index contributed by atoms with van der Waals surface area (Å²) in [6.07, 6.45) is 6.23. The van der Waals surface area contributed by atoms with Crippen LogP contribution in [0.4, 0.5) is 0 Å². The predicted octanol–water partition coefficient (Wildman–Crippen LogP) is 3.38. The zero-order valence-corrected chi connectivity index (χ0v) is 26.8. The van der Waals surface area contributed by atoms with Crippen molar-refractivity contribution in [2.24, 2.45) is 0 Å². The first-order valence-corrected chi connectivity index (χ1v) is 17.3. The molecule has 45 heavy (non-hydrogen) atoms. The van der Waals surface area contributed by atoms with Crippen molar-refractivity contribution in [3.8, 4) is 5.75 Å². The Labute approximate surface area is 269 Å². The molecule has 3 aliphatic rings. The lowest BCUT2D eigenvalue weighted by atomic mass is 9.58. The van der Waals surface area contributed by atoms with Crippen LogP contribution in [0.2, 0.25) is 5.02 Å². The summed E-state index contributed by atoms with van der Waals surface area (Å²) in [7, 11) is -3.32. The summed E-state index contributed by atoms with van der Waals surface area (Å²) in [6.45, 7) is 5.49. The van der Waals surface area contributed by atoms with E-state index in [1.807, 2.05) is 18.2 Å². The van der Waals surface area contributed by atoms with Gasteiger partial charge in [-0.15, -0.1) is 0 Å². The number of halogens is 1. The Hall–Kier alpha value is -3.00. The molecular formula is C32H42ClN3O8S. The van der Waals surface area contributed by atoms with Crippen LogP contribution < -0.4 is 14.8 Å². The van der Waals surface area contributed by atoms with Crippen molar-refractivity contribution in [3.05, 3.63) is 76.3 Å². The van der Waals surface area contributed by atoms with Crippen molar-refractivity contribution in [1.29, 1.82) is 0 Å². The molecule has 2 aromatic carbocycles. The highest BCUT2D eigenvalue weighted by molar-refractivity contribution is 7.89. The quantitative estimate of drug-likeness (QED) is 0.185. The van der Waals surface area contributed by atoms with Gasteiger partial charge >= 0.3 is 11.9 Å². The van der Waals surface area contributed by atoms with Crippen molar-refractivity contribution < 1.29 is 37.7 Å². The number of fused-ring (bicyclic) bond motifs is 1. The summed E-state index contributed by atoms with van der Waals surface area (Å²) < 4.78 is 38.8. The molecular weight excluding hydrogens is 622 g/mol. The standard InChI is InChI=1S/C28H38ClN3O4S.C4H4O4/c29-24-6-4-23(5-7-24)28(10-1-11-28)27-26-21-25(8-3-22(26)9-12-30-27)36-17-13-31-37(33,34)20-2-14-32-15-18-35-19-16-32;5-3(6)1-2-4(7)8/h3-8,21,27,30-31H,1-2,9-20H2;1-2H,(H,5,6)(H,7,8). The minimum atomic E-state index is -3.32. The fourth-order valence-electron chi connectivity index (χ4n) is 6.08. The third kappa shape index (κ3) is 10.2. The van der Waals surface area contributed by atoms with Gasteiger partial charge in [-0.05, 0) is 79.7 Å². The lowest BCUT2D eigenvalue weighted by molar-refractivity contribution is -0.134. The zero-order valence-electron chi connectivity index (χ0n) is 25.3. The van der Waals surface area contributed by atoms with Gasteiger partial charge in [-0.1, -0.05) is 36.2 Å². The number of carbonyl (C=O) groups is 2. The average Bonchev–Trinajstić information content (AvgIpc) is 2.99. The van der Waals surface area contributed by atoms with Crippen molar-refractivity contribution >= 4 is 33.6 Å². The molecule has 2 heterocycles. The number of nitrogens with zero attached hydrogens (tertiary/aromatic N) is 1. The fourth-order valence-corrected chi connectivity index (χ4v) is 7.25. The normalized spacial score (nSPS) is 19.5. The van der Waals surface area contributed by atoms with Crippen LogP contribution in [0.25, 0.3) is 0 Å². The van der Waals surface area contributed by atoms with Gasteiger partial charge in [0.1, 0.15) is 12.4 Å². The topological polar surface area (TPSA) is 154 Å². The van der Waals surface area contributed by atoms with Crippen LogP contribution in [-0.4, -0.2) is 93.8 Å². The van der Waals surface area contributed by atoms with E-state index in [-0.39, 0.29) is 23.8 Å².